The Morgan fingerprint density at radius 3 is 2.96 bits per heavy atom. The van der Waals surface area contributed by atoms with Crippen LogP contribution in [0, 0.1) is 6.92 Å². The van der Waals surface area contributed by atoms with Crippen LogP contribution in [0.4, 0.5) is 0 Å². The summed E-state index contributed by atoms with van der Waals surface area (Å²) in [6.45, 7) is 1.96. The minimum Gasteiger partial charge on any atom is -0.457 e. The molecule has 8 nitrogen and oxygen atoms in total. The molecule has 1 aliphatic rings. The molecule has 0 bridgehead atoms. The number of carbonyl (C=O) groups is 2. The number of hydrogen-bond acceptors (Lipinski definition) is 6. The maximum atomic E-state index is 12.5. The number of rotatable bonds is 4. The number of esters is 1. The average molecular weight is 342 g/mol. The summed E-state index contributed by atoms with van der Waals surface area (Å²) in [5, 5.41) is 6.54. The minimum atomic E-state index is -0.668. The Balaban J connectivity index is 1.66. The highest BCUT2D eigenvalue weighted by atomic mass is 16.5. The smallest absolute Gasteiger partial charge is 0.329 e. The second kappa shape index (κ2) is 7.25. The second-order valence-electron chi connectivity index (χ2n) is 5.84. The van der Waals surface area contributed by atoms with Crippen LogP contribution in [0.5, 0.6) is 0 Å². The Hall–Kier alpha value is -3.03. The first-order chi connectivity index (χ1) is 12.1. The molecule has 2 aromatic rings. The zero-order valence-corrected chi connectivity index (χ0v) is 13.8. The Bertz CT molecular complexity index is 834. The van der Waals surface area contributed by atoms with Crippen molar-refractivity contribution in [3.63, 3.8) is 0 Å². The van der Waals surface area contributed by atoms with Gasteiger partial charge in [0.2, 0.25) is 5.43 Å². The molecule has 3 rings (SSSR count). The number of nitrogens with one attached hydrogen (secondary N) is 1. The number of H-pyrrole nitrogens is 1. The predicted octanol–water partition coefficient (Wildman–Crippen LogP) is 0.821. The minimum absolute atomic E-state index is 0.125. The molecular formula is C17H18N4O4. The highest BCUT2D eigenvalue weighted by molar-refractivity contribution is 5.95. The van der Waals surface area contributed by atoms with Gasteiger partial charge in [-0.2, -0.15) is 5.10 Å². The molecule has 0 spiro atoms. The molecule has 25 heavy (non-hydrogen) atoms. The van der Waals surface area contributed by atoms with Crippen molar-refractivity contribution in [2.75, 3.05) is 6.54 Å². The van der Waals surface area contributed by atoms with Crippen molar-refractivity contribution in [1.82, 2.24) is 20.1 Å². The van der Waals surface area contributed by atoms with E-state index in [1.807, 2.05) is 0 Å². The van der Waals surface area contributed by atoms with Gasteiger partial charge in [0.05, 0.1) is 0 Å². The van der Waals surface area contributed by atoms with E-state index in [9.17, 15) is 14.4 Å². The van der Waals surface area contributed by atoms with Crippen LogP contribution in [0.25, 0.3) is 0 Å². The van der Waals surface area contributed by atoms with Crippen molar-refractivity contribution in [3.8, 4) is 0 Å². The third-order valence-electron chi connectivity index (χ3n) is 4.02. The zero-order chi connectivity index (χ0) is 17.8. The zero-order valence-electron chi connectivity index (χ0n) is 13.8. The van der Waals surface area contributed by atoms with Crippen molar-refractivity contribution in [1.29, 1.82) is 0 Å². The van der Waals surface area contributed by atoms with E-state index in [1.165, 1.54) is 17.2 Å². The molecule has 0 unspecified atom stereocenters. The summed E-state index contributed by atoms with van der Waals surface area (Å²) in [6.07, 6.45) is 2.77. The van der Waals surface area contributed by atoms with Gasteiger partial charge in [-0.3, -0.25) is 19.7 Å². The summed E-state index contributed by atoms with van der Waals surface area (Å²) >= 11 is 0. The van der Waals surface area contributed by atoms with Crippen LogP contribution >= 0.6 is 0 Å². The maximum absolute atomic E-state index is 12.5. The van der Waals surface area contributed by atoms with Crippen molar-refractivity contribution >= 4 is 11.9 Å². The molecule has 2 aromatic heterocycles. The summed E-state index contributed by atoms with van der Waals surface area (Å²) in [4.78, 5) is 42.2. The summed E-state index contributed by atoms with van der Waals surface area (Å²) in [6, 6.07) is 5.78. The molecule has 0 radical (unpaired) electrons. The number of carbonyl (C=O) groups excluding carboxylic acids is 2. The number of ether oxygens (including phenoxy) is 1. The molecule has 0 saturated carbocycles. The lowest BCUT2D eigenvalue weighted by molar-refractivity contribution is -0.149. The summed E-state index contributed by atoms with van der Waals surface area (Å²) in [7, 11) is 0. The van der Waals surface area contributed by atoms with E-state index >= 15 is 0 Å². The first-order valence-corrected chi connectivity index (χ1v) is 8.00. The number of nitrogens with zero attached hydrogens (tertiary/aromatic N) is 3. The molecule has 1 aliphatic heterocycles. The number of likely N-dealkylation sites (tertiary alicyclic amines) is 1. The van der Waals surface area contributed by atoms with Gasteiger partial charge in [0.1, 0.15) is 24.0 Å². The van der Waals surface area contributed by atoms with Gasteiger partial charge in [-0.15, -0.1) is 0 Å². The maximum Gasteiger partial charge on any atom is 0.329 e. The number of aromatic amines is 1. The summed E-state index contributed by atoms with van der Waals surface area (Å²) in [5.74, 6) is -0.838. The number of aromatic nitrogens is 3. The molecule has 130 valence electrons. The highest BCUT2D eigenvalue weighted by Gasteiger charge is 2.36. The lowest BCUT2D eigenvalue weighted by atomic mass is 10.2. The molecule has 1 N–H and O–H groups in total. The van der Waals surface area contributed by atoms with E-state index in [0.717, 1.165) is 0 Å². The topological polar surface area (TPSA) is 105 Å². The molecule has 3 heterocycles. The van der Waals surface area contributed by atoms with E-state index in [2.05, 4.69) is 15.2 Å². The van der Waals surface area contributed by atoms with E-state index < -0.39 is 12.0 Å². The van der Waals surface area contributed by atoms with Gasteiger partial charge in [0.15, 0.2) is 0 Å². The lowest BCUT2D eigenvalue weighted by Gasteiger charge is -2.22. The van der Waals surface area contributed by atoms with Crippen LogP contribution in [0.15, 0.2) is 35.3 Å². The van der Waals surface area contributed by atoms with Gasteiger partial charge in [-0.05, 0) is 31.9 Å². The van der Waals surface area contributed by atoms with Crippen LogP contribution < -0.4 is 5.43 Å². The Labute approximate surface area is 143 Å². The monoisotopic (exact) mass is 342 g/mol. The fraction of sp³-hybridized carbons (Fsp3) is 0.353. The number of pyridine rings is 1. The van der Waals surface area contributed by atoms with Crippen molar-refractivity contribution in [2.24, 2.45) is 0 Å². The fourth-order valence-corrected chi connectivity index (χ4v) is 2.75. The molecular weight excluding hydrogens is 324 g/mol. The summed E-state index contributed by atoms with van der Waals surface area (Å²) < 4.78 is 5.21. The van der Waals surface area contributed by atoms with Crippen LogP contribution in [-0.4, -0.2) is 44.5 Å². The molecule has 8 heteroatoms. The molecule has 0 aromatic carbocycles. The van der Waals surface area contributed by atoms with Gasteiger partial charge >= 0.3 is 5.97 Å². The first-order valence-electron chi connectivity index (χ1n) is 8.00. The third-order valence-corrected chi connectivity index (χ3v) is 4.02. The Kier molecular flexibility index (Phi) is 4.87. The highest BCUT2D eigenvalue weighted by Crippen LogP contribution is 2.21. The molecule has 0 aliphatic carbocycles. The number of hydrogen-bond donors (Lipinski definition) is 1. The van der Waals surface area contributed by atoms with E-state index in [-0.39, 0.29) is 23.6 Å². The average Bonchev–Trinajstić information content (AvgIpc) is 3.10. The van der Waals surface area contributed by atoms with Crippen LogP contribution in [-0.2, 0) is 16.1 Å². The van der Waals surface area contributed by atoms with E-state index in [4.69, 9.17) is 4.74 Å². The molecule has 1 saturated heterocycles. The van der Waals surface area contributed by atoms with Crippen molar-refractivity contribution in [3.05, 3.63) is 57.8 Å². The van der Waals surface area contributed by atoms with Crippen molar-refractivity contribution in [2.45, 2.75) is 32.4 Å². The molecule has 1 amide bonds. The molecule has 1 fully saturated rings. The predicted molar refractivity (Wildman–Crippen MR) is 87.7 cm³/mol. The Morgan fingerprint density at radius 2 is 2.24 bits per heavy atom. The molecule has 1 atom stereocenters. The van der Waals surface area contributed by atoms with E-state index in [1.54, 1.807) is 25.1 Å². The van der Waals surface area contributed by atoms with Gasteiger partial charge in [0.25, 0.3) is 5.91 Å². The number of amides is 1. The lowest BCUT2D eigenvalue weighted by Crippen LogP contribution is -2.41. The Morgan fingerprint density at radius 1 is 1.40 bits per heavy atom. The van der Waals surface area contributed by atoms with Gasteiger partial charge in [-0.25, -0.2) is 4.79 Å². The van der Waals surface area contributed by atoms with Crippen LogP contribution in [0.2, 0.25) is 0 Å². The van der Waals surface area contributed by atoms with Crippen LogP contribution in [0.1, 0.15) is 34.7 Å². The van der Waals surface area contributed by atoms with Gasteiger partial charge < -0.3 is 9.64 Å². The largest absolute Gasteiger partial charge is 0.457 e. The normalized spacial score (nSPS) is 16.7. The fourth-order valence-electron chi connectivity index (χ4n) is 2.75. The summed E-state index contributed by atoms with van der Waals surface area (Å²) in [5.41, 5.74) is 0.748. The van der Waals surface area contributed by atoms with Crippen molar-refractivity contribution < 1.29 is 14.3 Å². The van der Waals surface area contributed by atoms with E-state index in [0.29, 0.717) is 30.8 Å². The quantitative estimate of drug-likeness (QED) is 0.825. The first kappa shape index (κ1) is 16.8. The number of aryl methyl sites for hydroxylation is 1. The van der Waals surface area contributed by atoms with Gasteiger partial charge in [-0.1, -0.05) is 6.07 Å². The second-order valence-corrected chi connectivity index (χ2v) is 5.84. The third kappa shape index (κ3) is 3.73. The standard InChI is InChI=1S/C17H18N4O4/c1-11-9-15(22)13(20-19-11)10-25-17(24)14-6-4-8-21(14)16(23)12-5-2-3-7-18-12/h2-3,5,7,9,14H,4,6,8,10H2,1H3,(H,19,22)/t14-/m0/s1. The van der Waals surface area contributed by atoms with Crippen LogP contribution in [0.3, 0.4) is 0 Å². The SMILES string of the molecule is Cc1cc(=O)c(COC(=O)[C@@H]2CCCN2C(=O)c2ccccn2)n[nH]1. The van der Waals surface area contributed by atoms with Gasteiger partial charge in [0, 0.05) is 24.5 Å².